The number of anilines is 1. The molecule has 2 aromatic rings. The van der Waals surface area contributed by atoms with E-state index in [-0.39, 0.29) is 6.03 Å². The third-order valence-electron chi connectivity index (χ3n) is 5.12. The van der Waals surface area contributed by atoms with Crippen molar-refractivity contribution < 1.29 is 4.79 Å². The van der Waals surface area contributed by atoms with Gasteiger partial charge in [-0.2, -0.15) is 0 Å². The number of aryl methyl sites for hydroxylation is 1. The van der Waals surface area contributed by atoms with Crippen LogP contribution in [0.4, 0.5) is 10.5 Å². The molecule has 1 saturated heterocycles. The average Bonchev–Trinajstić information content (AvgIpc) is 2.60. The van der Waals surface area contributed by atoms with Crippen molar-refractivity contribution in [2.24, 2.45) is 5.92 Å². The zero-order valence-corrected chi connectivity index (χ0v) is 14.6. The van der Waals surface area contributed by atoms with Gasteiger partial charge in [-0.1, -0.05) is 42.5 Å². The molecule has 3 heteroatoms. The van der Waals surface area contributed by atoms with Gasteiger partial charge in [0.25, 0.3) is 0 Å². The van der Waals surface area contributed by atoms with E-state index < -0.39 is 0 Å². The monoisotopic (exact) mass is 322 g/mol. The number of carbonyl (C=O) groups excluding carboxylic acids is 1. The summed E-state index contributed by atoms with van der Waals surface area (Å²) in [6, 6.07) is 16.7. The fourth-order valence-electron chi connectivity index (χ4n) is 3.37. The van der Waals surface area contributed by atoms with Crippen LogP contribution in [0.15, 0.2) is 48.5 Å². The summed E-state index contributed by atoms with van der Waals surface area (Å²) in [5, 5.41) is 3.07. The molecule has 1 fully saturated rings. The average molecular weight is 322 g/mol. The highest BCUT2D eigenvalue weighted by atomic mass is 16.2. The van der Waals surface area contributed by atoms with E-state index in [4.69, 9.17) is 0 Å². The Kier molecular flexibility index (Phi) is 5.19. The number of nitrogens with one attached hydrogen (secondary N) is 1. The molecule has 3 rings (SSSR count). The van der Waals surface area contributed by atoms with Crippen molar-refractivity contribution in [2.45, 2.75) is 33.1 Å². The highest BCUT2D eigenvalue weighted by Gasteiger charge is 2.23. The van der Waals surface area contributed by atoms with Gasteiger partial charge in [0.1, 0.15) is 0 Å². The fourth-order valence-corrected chi connectivity index (χ4v) is 3.37. The van der Waals surface area contributed by atoms with Crippen molar-refractivity contribution in [1.29, 1.82) is 0 Å². The number of likely N-dealkylation sites (tertiary alicyclic amines) is 1. The van der Waals surface area contributed by atoms with Crippen molar-refractivity contribution in [1.82, 2.24) is 4.90 Å². The van der Waals surface area contributed by atoms with E-state index in [0.717, 1.165) is 43.6 Å². The van der Waals surface area contributed by atoms with Gasteiger partial charge in [0.15, 0.2) is 0 Å². The largest absolute Gasteiger partial charge is 0.325 e. The standard InChI is InChI=1S/C21H26N2O/c1-16-7-6-10-20(17(16)2)22-21(24)23-13-11-19(12-14-23)15-18-8-4-3-5-9-18/h3-10,19H,11-15H2,1-2H3,(H,22,24). The van der Waals surface area contributed by atoms with Gasteiger partial charge >= 0.3 is 6.03 Å². The molecule has 1 aliphatic rings. The fraction of sp³-hybridized carbons (Fsp3) is 0.381. The first kappa shape index (κ1) is 16.6. The Hall–Kier alpha value is -2.29. The smallest absolute Gasteiger partial charge is 0.321 e. The maximum absolute atomic E-state index is 12.5. The Morgan fingerprint density at radius 2 is 1.75 bits per heavy atom. The summed E-state index contributed by atoms with van der Waals surface area (Å²) in [4.78, 5) is 14.5. The minimum absolute atomic E-state index is 0.0295. The molecule has 1 heterocycles. The molecule has 126 valence electrons. The van der Waals surface area contributed by atoms with Crippen LogP contribution >= 0.6 is 0 Å². The molecule has 2 aromatic carbocycles. The first-order valence-electron chi connectivity index (χ1n) is 8.79. The van der Waals surface area contributed by atoms with Gasteiger partial charge in [-0.05, 0) is 61.8 Å². The van der Waals surface area contributed by atoms with Crippen LogP contribution in [0.3, 0.4) is 0 Å². The molecule has 0 aromatic heterocycles. The van der Waals surface area contributed by atoms with Gasteiger partial charge in [0.05, 0.1) is 0 Å². The minimum Gasteiger partial charge on any atom is -0.325 e. The lowest BCUT2D eigenvalue weighted by Gasteiger charge is -2.32. The van der Waals surface area contributed by atoms with Crippen LogP contribution in [-0.2, 0) is 6.42 Å². The molecule has 0 saturated carbocycles. The maximum atomic E-state index is 12.5. The van der Waals surface area contributed by atoms with Gasteiger partial charge in [0, 0.05) is 18.8 Å². The second kappa shape index (κ2) is 7.52. The van der Waals surface area contributed by atoms with Crippen LogP contribution in [-0.4, -0.2) is 24.0 Å². The van der Waals surface area contributed by atoms with Crippen molar-refractivity contribution in [3.05, 3.63) is 65.2 Å². The van der Waals surface area contributed by atoms with Crippen molar-refractivity contribution >= 4 is 11.7 Å². The summed E-state index contributed by atoms with van der Waals surface area (Å²) in [5.41, 5.74) is 4.67. The zero-order valence-electron chi connectivity index (χ0n) is 14.6. The Balaban J connectivity index is 1.52. The molecular formula is C21H26N2O. The molecule has 3 nitrogen and oxygen atoms in total. The summed E-state index contributed by atoms with van der Waals surface area (Å²) in [6.07, 6.45) is 3.28. The summed E-state index contributed by atoms with van der Waals surface area (Å²) < 4.78 is 0. The Morgan fingerprint density at radius 3 is 2.46 bits per heavy atom. The first-order chi connectivity index (χ1) is 11.6. The second-order valence-corrected chi connectivity index (χ2v) is 6.80. The first-order valence-corrected chi connectivity index (χ1v) is 8.79. The van der Waals surface area contributed by atoms with E-state index >= 15 is 0 Å². The number of piperidine rings is 1. The molecule has 0 atom stereocenters. The van der Waals surface area contributed by atoms with Crippen LogP contribution in [0, 0.1) is 19.8 Å². The molecule has 1 N–H and O–H groups in total. The molecular weight excluding hydrogens is 296 g/mol. The van der Waals surface area contributed by atoms with Gasteiger partial charge in [-0.15, -0.1) is 0 Å². The number of amides is 2. The second-order valence-electron chi connectivity index (χ2n) is 6.80. The predicted molar refractivity (Wildman–Crippen MR) is 99.4 cm³/mol. The van der Waals surface area contributed by atoms with Crippen LogP contribution in [0.2, 0.25) is 0 Å². The Morgan fingerprint density at radius 1 is 1.04 bits per heavy atom. The van der Waals surface area contributed by atoms with E-state index in [0.29, 0.717) is 5.92 Å². The van der Waals surface area contributed by atoms with Crippen LogP contribution < -0.4 is 5.32 Å². The number of carbonyl (C=O) groups is 1. The quantitative estimate of drug-likeness (QED) is 0.865. The lowest BCUT2D eigenvalue weighted by molar-refractivity contribution is 0.182. The number of nitrogens with zero attached hydrogens (tertiary/aromatic N) is 1. The van der Waals surface area contributed by atoms with Crippen molar-refractivity contribution in [3.8, 4) is 0 Å². The van der Waals surface area contributed by atoms with E-state index in [9.17, 15) is 4.79 Å². The number of rotatable bonds is 3. The topological polar surface area (TPSA) is 32.3 Å². The number of benzene rings is 2. The molecule has 0 bridgehead atoms. The number of hydrogen-bond acceptors (Lipinski definition) is 1. The van der Waals surface area contributed by atoms with Crippen molar-refractivity contribution in [2.75, 3.05) is 18.4 Å². The summed E-state index contributed by atoms with van der Waals surface area (Å²) in [6.45, 7) is 5.81. The number of urea groups is 1. The van der Waals surface area contributed by atoms with Gasteiger partial charge in [-0.25, -0.2) is 4.79 Å². The Bertz CT molecular complexity index is 688. The highest BCUT2D eigenvalue weighted by molar-refractivity contribution is 5.90. The lowest BCUT2D eigenvalue weighted by atomic mass is 9.90. The molecule has 24 heavy (non-hydrogen) atoms. The zero-order chi connectivity index (χ0) is 16.9. The summed E-state index contributed by atoms with van der Waals surface area (Å²) in [7, 11) is 0. The van der Waals surface area contributed by atoms with Gasteiger partial charge in [-0.3, -0.25) is 0 Å². The molecule has 2 amide bonds. The van der Waals surface area contributed by atoms with Crippen molar-refractivity contribution in [3.63, 3.8) is 0 Å². The SMILES string of the molecule is Cc1cccc(NC(=O)N2CCC(Cc3ccccc3)CC2)c1C. The normalized spacial score (nSPS) is 15.3. The Labute approximate surface area is 144 Å². The predicted octanol–water partition coefficient (Wildman–Crippen LogP) is 4.79. The van der Waals surface area contributed by atoms with E-state index in [1.807, 2.05) is 17.0 Å². The van der Waals surface area contributed by atoms with E-state index in [1.54, 1.807) is 0 Å². The lowest BCUT2D eigenvalue weighted by Crippen LogP contribution is -2.41. The third-order valence-corrected chi connectivity index (χ3v) is 5.12. The maximum Gasteiger partial charge on any atom is 0.321 e. The van der Waals surface area contributed by atoms with E-state index in [2.05, 4.69) is 55.6 Å². The van der Waals surface area contributed by atoms with Crippen LogP contribution in [0.25, 0.3) is 0 Å². The molecule has 1 aliphatic heterocycles. The van der Waals surface area contributed by atoms with Gasteiger partial charge < -0.3 is 10.2 Å². The molecule has 0 radical (unpaired) electrons. The molecule has 0 unspecified atom stereocenters. The number of hydrogen-bond donors (Lipinski definition) is 1. The third kappa shape index (κ3) is 3.97. The highest BCUT2D eigenvalue weighted by Crippen LogP contribution is 2.23. The minimum atomic E-state index is 0.0295. The summed E-state index contributed by atoms with van der Waals surface area (Å²) in [5.74, 6) is 0.678. The molecule has 0 aliphatic carbocycles. The van der Waals surface area contributed by atoms with Crippen LogP contribution in [0.1, 0.15) is 29.5 Å². The summed E-state index contributed by atoms with van der Waals surface area (Å²) >= 11 is 0. The van der Waals surface area contributed by atoms with Crippen LogP contribution in [0.5, 0.6) is 0 Å². The van der Waals surface area contributed by atoms with E-state index in [1.165, 1.54) is 11.1 Å². The molecule has 0 spiro atoms. The van der Waals surface area contributed by atoms with Gasteiger partial charge in [0.2, 0.25) is 0 Å².